The fraction of sp³-hybridized carbons (Fsp3) is 0.211. The van der Waals surface area contributed by atoms with E-state index in [9.17, 15) is 9.90 Å². The number of phenols is 1. The molecular weight excluding hydrogens is 324 g/mol. The number of aromatic hydroxyl groups is 1. The van der Waals surface area contributed by atoms with E-state index in [0.717, 1.165) is 0 Å². The summed E-state index contributed by atoms with van der Waals surface area (Å²) in [6.45, 7) is 0. The van der Waals surface area contributed by atoms with Crippen LogP contribution < -0.4 is 18.9 Å². The first-order valence-corrected chi connectivity index (χ1v) is 7.44. The maximum Gasteiger partial charge on any atom is 0.204 e. The highest BCUT2D eigenvalue weighted by Crippen LogP contribution is 2.40. The van der Waals surface area contributed by atoms with Crippen molar-refractivity contribution >= 4 is 11.9 Å². The molecule has 0 saturated carbocycles. The van der Waals surface area contributed by atoms with E-state index in [2.05, 4.69) is 0 Å². The average molecular weight is 344 g/mol. The Morgan fingerprint density at radius 3 is 2.20 bits per heavy atom. The van der Waals surface area contributed by atoms with Gasteiger partial charge in [0.15, 0.2) is 17.3 Å². The third kappa shape index (κ3) is 3.85. The fourth-order valence-electron chi connectivity index (χ4n) is 2.34. The first-order chi connectivity index (χ1) is 12.0. The van der Waals surface area contributed by atoms with Crippen LogP contribution in [0.1, 0.15) is 15.9 Å². The normalized spacial score (nSPS) is 10.6. The number of hydrogen-bond donors (Lipinski definition) is 1. The monoisotopic (exact) mass is 344 g/mol. The number of phenolic OH excluding ortho intramolecular Hbond substituents is 1. The van der Waals surface area contributed by atoms with Gasteiger partial charge in [0.25, 0.3) is 0 Å². The minimum atomic E-state index is -0.298. The van der Waals surface area contributed by atoms with Crippen molar-refractivity contribution in [2.24, 2.45) is 0 Å². The van der Waals surface area contributed by atoms with Crippen LogP contribution in [0.25, 0.3) is 6.08 Å². The van der Waals surface area contributed by atoms with Crippen molar-refractivity contribution < 1.29 is 28.8 Å². The molecule has 0 unspecified atom stereocenters. The molecule has 6 heteroatoms. The van der Waals surface area contributed by atoms with Crippen LogP contribution in [0.15, 0.2) is 36.4 Å². The Bertz CT molecular complexity index is 795. The highest BCUT2D eigenvalue weighted by Gasteiger charge is 2.19. The first-order valence-electron chi connectivity index (χ1n) is 7.44. The van der Waals surface area contributed by atoms with Gasteiger partial charge in [-0.15, -0.1) is 0 Å². The van der Waals surface area contributed by atoms with Crippen molar-refractivity contribution in [1.29, 1.82) is 0 Å². The van der Waals surface area contributed by atoms with Crippen molar-refractivity contribution in [1.82, 2.24) is 0 Å². The van der Waals surface area contributed by atoms with Crippen LogP contribution in [0, 0.1) is 0 Å². The maximum atomic E-state index is 12.5. The molecule has 0 aliphatic carbocycles. The first kappa shape index (κ1) is 18.2. The molecule has 0 aliphatic heterocycles. The van der Waals surface area contributed by atoms with Crippen LogP contribution in [0.4, 0.5) is 0 Å². The lowest BCUT2D eigenvalue weighted by molar-refractivity contribution is 0.104. The summed E-state index contributed by atoms with van der Waals surface area (Å²) in [4.78, 5) is 12.5. The molecule has 0 aliphatic rings. The summed E-state index contributed by atoms with van der Waals surface area (Å²) in [5.74, 6) is 1.35. The molecule has 0 spiro atoms. The third-order valence-corrected chi connectivity index (χ3v) is 3.62. The van der Waals surface area contributed by atoms with Crippen LogP contribution in [0.2, 0.25) is 0 Å². The van der Waals surface area contributed by atoms with Crippen molar-refractivity contribution in [3.8, 4) is 28.7 Å². The zero-order valence-corrected chi connectivity index (χ0v) is 14.5. The minimum Gasteiger partial charge on any atom is -0.507 e. The summed E-state index contributed by atoms with van der Waals surface area (Å²) in [7, 11) is 5.94. The summed E-state index contributed by atoms with van der Waals surface area (Å²) in [5, 5.41) is 9.95. The van der Waals surface area contributed by atoms with E-state index in [-0.39, 0.29) is 17.3 Å². The lowest BCUT2D eigenvalue weighted by Crippen LogP contribution is -2.02. The molecule has 132 valence electrons. The number of rotatable bonds is 7. The van der Waals surface area contributed by atoms with Gasteiger partial charge in [0.2, 0.25) is 5.75 Å². The molecule has 0 saturated heterocycles. The highest BCUT2D eigenvalue weighted by molar-refractivity contribution is 6.09. The molecule has 0 heterocycles. The van der Waals surface area contributed by atoms with Gasteiger partial charge in [-0.3, -0.25) is 4.79 Å². The molecular formula is C19H20O6. The summed E-state index contributed by atoms with van der Waals surface area (Å²) in [6, 6.07) is 8.06. The molecule has 6 nitrogen and oxygen atoms in total. The number of benzene rings is 2. The van der Waals surface area contributed by atoms with E-state index in [4.69, 9.17) is 18.9 Å². The van der Waals surface area contributed by atoms with E-state index in [1.807, 2.05) is 0 Å². The number of ether oxygens (including phenoxy) is 4. The second-order valence-corrected chi connectivity index (χ2v) is 5.00. The number of ketones is 1. The zero-order chi connectivity index (χ0) is 18.4. The molecule has 0 atom stereocenters. The van der Waals surface area contributed by atoms with Gasteiger partial charge in [0.05, 0.1) is 34.0 Å². The lowest BCUT2D eigenvalue weighted by atomic mass is 10.1. The van der Waals surface area contributed by atoms with Gasteiger partial charge in [-0.2, -0.15) is 0 Å². The van der Waals surface area contributed by atoms with Crippen LogP contribution in [-0.2, 0) is 0 Å². The van der Waals surface area contributed by atoms with Crippen LogP contribution in [-0.4, -0.2) is 39.3 Å². The van der Waals surface area contributed by atoms with E-state index in [1.165, 1.54) is 46.7 Å². The molecule has 0 aromatic heterocycles. The second kappa shape index (κ2) is 8.10. The molecule has 0 amide bonds. The number of hydrogen-bond acceptors (Lipinski definition) is 6. The predicted molar refractivity (Wildman–Crippen MR) is 94.1 cm³/mol. The summed E-state index contributed by atoms with van der Waals surface area (Å²) >= 11 is 0. The van der Waals surface area contributed by atoms with Gasteiger partial charge in [-0.05, 0) is 36.4 Å². The second-order valence-electron chi connectivity index (χ2n) is 5.00. The van der Waals surface area contributed by atoms with Gasteiger partial charge in [0.1, 0.15) is 11.5 Å². The SMILES string of the molecule is COc1ccc(C=CC(=O)c2ccc(OC)c(OC)c2OC)c(O)c1. The summed E-state index contributed by atoms with van der Waals surface area (Å²) < 4.78 is 20.8. The third-order valence-electron chi connectivity index (χ3n) is 3.62. The molecule has 2 aromatic rings. The number of methoxy groups -OCH3 is 4. The largest absolute Gasteiger partial charge is 0.507 e. The molecule has 1 N–H and O–H groups in total. The summed E-state index contributed by atoms with van der Waals surface area (Å²) in [6.07, 6.45) is 2.87. The average Bonchev–Trinajstić information content (AvgIpc) is 2.65. The van der Waals surface area contributed by atoms with Gasteiger partial charge in [0, 0.05) is 11.6 Å². The van der Waals surface area contributed by atoms with Crippen molar-refractivity contribution in [2.45, 2.75) is 0 Å². The Morgan fingerprint density at radius 2 is 1.64 bits per heavy atom. The van der Waals surface area contributed by atoms with Crippen molar-refractivity contribution in [2.75, 3.05) is 28.4 Å². The molecule has 25 heavy (non-hydrogen) atoms. The summed E-state index contributed by atoms with van der Waals surface area (Å²) in [5.41, 5.74) is 0.818. The van der Waals surface area contributed by atoms with Crippen LogP contribution in [0.3, 0.4) is 0 Å². The molecule has 2 rings (SSSR count). The Kier molecular flexibility index (Phi) is 5.89. The Morgan fingerprint density at radius 1 is 0.920 bits per heavy atom. The molecule has 0 bridgehead atoms. The molecule has 0 radical (unpaired) electrons. The minimum absolute atomic E-state index is 0.0164. The van der Waals surface area contributed by atoms with Gasteiger partial charge in [-0.25, -0.2) is 0 Å². The standard InChI is InChI=1S/C19H20O6/c1-22-13-7-5-12(16(21)11-13)6-9-15(20)14-8-10-17(23-2)19(25-4)18(14)24-3/h5-11,21H,1-4H3. The lowest BCUT2D eigenvalue weighted by Gasteiger charge is -2.14. The topological polar surface area (TPSA) is 74.2 Å². The van der Waals surface area contributed by atoms with Gasteiger partial charge >= 0.3 is 0 Å². The Hall–Kier alpha value is -3.15. The highest BCUT2D eigenvalue weighted by atomic mass is 16.5. The van der Waals surface area contributed by atoms with E-state index in [0.29, 0.717) is 28.4 Å². The maximum absolute atomic E-state index is 12.5. The van der Waals surface area contributed by atoms with Crippen molar-refractivity contribution in [3.05, 3.63) is 47.5 Å². The smallest absolute Gasteiger partial charge is 0.204 e. The predicted octanol–water partition coefficient (Wildman–Crippen LogP) is 3.32. The number of carbonyl (C=O) groups excluding carboxylic acids is 1. The van der Waals surface area contributed by atoms with Crippen molar-refractivity contribution in [3.63, 3.8) is 0 Å². The molecule has 2 aromatic carbocycles. The van der Waals surface area contributed by atoms with Gasteiger partial charge in [-0.1, -0.05) is 0 Å². The zero-order valence-electron chi connectivity index (χ0n) is 14.5. The van der Waals surface area contributed by atoms with E-state index >= 15 is 0 Å². The number of allylic oxidation sites excluding steroid dienone is 1. The van der Waals surface area contributed by atoms with Crippen LogP contribution >= 0.6 is 0 Å². The van der Waals surface area contributed by atoms with E-state index < -0.39 is 0 Å². The number of carbonyl (C=O) groups is 1. The van der Waals surface area contributed by atoms with Crippen LogP contribution in [0.5, 0.6) is 28.7 Å². The molecule has 0 fully saturated rings. The fourth-order valence-corrected chi connectivity index (χ4v) is 2.34. The quantitative estimate of drug-likeness (QED) is 0.613. The van der Waals surface area contributed by atoms with Gasteiger partial charge < -0.3 is 24.1 Å². The Balaban J connectivity index is 2.35. The Labute approximate surface area is 146 Å². The van der Waals surface area contributed by atoms with E-state index in [1.54, 1.807) is 24.3 Å².